The Balaban J connectivity index is 1.44. The average molecular weight is 589 g/mol. The fraction of sp³-hybridized carbons (Fsp3) is 0.591. The molecule has 0 heterocycles. The molecule has 0 bridgehead atoms. The van der Waals surface area contributed by atoms with Gasteiger partial charge in [0.25, 0.3) is 0 Å². The molecule has 3 saturated carbocycles. The predicted molar refractivity (Wildman–Crippen MR) is 190 cm³/mol. The van der Waals surface area contributed by atoms with E-state index in [0.717, 1.165) is 55.8 Å². The minimum atomic E-state index is 0.478. The van der Waals surface area contributed by atoms with E-state index in [1.807, 2.05) is 0 Å². The SMILES string of the molecule is CCc1ccccc1C1C[C@@H]2C[C@H](c3c(CC)cccc3CC)C[C@H](C)C23[C@@H](C1)C[C@@H](c1c(CC)cccc1CC)C[C@H]3C. The second-order valence-electron chi connectivity index (χ2n) is 15.1. The van der Waals surface area contributed by atoms with Crippen molar-refractivity contribution in [2.24, 2.45) is 29.1 Å². The van der Waals surface area contributed by atoms with Crippen LogP contribution in [0.3, 0.4) is 0 Å². The largest absolute Gasteiger partial charge is 0.0620 e. The number of hydrogen-bond donors (Lipinski definition) is 0. The van der Waals surface area contributed by atoms with Crippen molar-refractivity contribution in [2.45, 2.75) is 137 Å². The molecule has 2 unspecified atom stereocenters. The standard InChI is InChI=1S/C44H60/c1-8-31-17-13-14-22-41(31)36-25-39-27-37(42-32(9-2)18-15-19-33(42)10-3)23-29(6)44(39)30(7)24-38(28-40(44)26-36)43-34(11-4)20-16-21-35(43)12-5/h13-22,29-30,36-40H,8-12,23-28H2,1-7H3/t29-,30+,36?,37+,38-,39+,40-,44?. The molecule has 0 aromatic heterocycles. The van der Waals surface area contributed by atoms with Crippen LogP contribution in [0.1, 0.15) is 149 Å². The van der Waals surface area contributed by atoms with Crippen LogP contribution in [0.5, 0.6) is 0 Å². The van der Waals surface area contributed by atoms with Crippen molar-refractivity contribution in [3.05, 3.63) is 105 Å². The quantitative estimate of drug-likeness (QED) is 0.245. The Morgan fingerprint density at radius 2 is 0.818 bits per heavy atom. The van der Waals surface area contributed by atoms with Crippen LogP contribution < -0.4 is 0 Å². The van der Waals surface area contributed by atoms with Crippen LogP contribution in [0, 0.1) is 29.1 Å². The second kappa shape index (κ2) is 13.2. The average Bonchev–Trinajstić information content (AvgIpc) is 3.06. The van der Waals surface area contributed by atoms with E-state index < -0.39 is 0 Å². The van der Waals surface area contributed by atoms with Crippen LogP contribution in [0.4, 0.5) is 0 Å². The van der Waals surface area contributed by atoms with Gasteiger partial charge in [-0.2, -0.15) is 0 Å². The molecular formula is C44H60. The lowest BCUT2D eigenvalue weighted by Crippen LogP contribution is -2.57. The van der Waals surface area contributed by atoms with Crippen LogP contribution in [0.2, 0.25) is 0 Å². The van der Waals surface area contributed by atoms with Crippen molar-refractivity contribution in [1.29, 1.82) is 0 Å². The van der Waals surface area contributed by atoms with Crippen LogP contribution >= 0.6 is 0 Å². The topological polar surface area (TPSA) is 0 Å². The molecule has 44 heavy (non-hydrogen) atoms. The molecule has 1 spiro atoms. The summed E-state index contributed by atoms with van der Waals surface area (Å²) in [6.07, 6.45) is 14.1. The predicted octanol–water partition coefficient (Wildman–Crippen LogP) is 12.0. The van der Waals surface area contributed by atoms with Crippen molar-refractivity contribution in [2.75, 3.05) is 0 Å². The number of aryl methyl sites for hydroxylation is 5. The minimum Gasteiger partial charge on any atom is -0.0620 e. The van der Waals surface area contributed by atoms with Gasteiger partial charge in [0.2, 0.25) is 0 Å². The summed E-state index contributed by atoms with van der Waals surface area (Å²) in [7, 11) is 0. The Bertz CT molecular complexity index is 1300. The highest BCUT2D eigenvalue weighted by atomic mass is 14.6. The summed E-state index contributed by atoms with van der Waals surface area (Å²) in [4.78, 5) is 0. The van der Waals surface area contributed by atoms with Gasteiger partial charge >= 0.3 is 0 Å². The molecule has 3 aromatic carbocycles. The van der Waals surface area contributed by atoms with E-state index in [9.17, 15) is 0 Å². The van der Waals surface area contributed by atoms with Crippen molar-refractivity contribution < 1.29 is 0 Å². The molecule has 3 fully saturated rings. The first kappa shape index (κ1) is 31.6. The Hall–Kier alpha value is -2.34. The Kier molecular flexibility index (Phi) is 9.48. The number of benzene rings is 3. The summed E-state index contributed by atoms with van der Waals surface area (Å²) in [5, 5.41) is 0. The van der Waals surface area contributed by atoms with Gasteiger partial charge in [0, 0.05) is 0 Å². The summed E-state index contributed by atoms with van der Waals surface area (Å²) in [5.41, 5.74) is 13.7. The van der Waals surface area contributed by atoms with Gasteiger partial charge in [-0.25, -0.2) is 0 Å². The normalized spacial score (nSPS) is 31.8. The third-order valence-electron chi connectivity index (χ3n) is 13.5. The molecular weight excluding hydrogens is 528 g/mol. The molecule has 0 N–H and O–H groups in total. The first-order valence-electron chi connectivity index (χ1n) is 18.7. The zero-order valence-corrected chi connectivity index (χ0v) is 29.1. The molecule has 3 aromatic rings. The molecule has 0 saturated heterocycles. The van der Waals surface area contributed by atoms with Crippen LogP contribution in [0.15, 0.2) is 60.7 Å². The van der Waals surface area contributed by atoms with Gasteiger partial charge in [-0.1, -0.05) is 109 Å². The molecule has 0 aliphatic heterocycles. The van der Waals surface area contributed by atoms with E-state index in [1.165, 1.54) is 38.5 Å². The van der Waals surface area contributed by atoms with E-state index in [2.05, 4.69) is 109 Å². The van der Waals surface area contributed by atoms with Gasteiger partial charge in [0.05, 0.1) is 0 Å². The first-order chi connectivity index (χ1) is 21.4. The van der Waals surface area contributed by atoms with Crippen LogP contribution in [-0.2, 0) is 32.1 Å². The van der Waals surface area contributed by atoms with Crippen LogP contribution in [-0.4, -0.2) is 0 Å². The van der Waals surface area contributed by atoms with Crippen LogP contribution in [0.25, 0.3) is 0 Å². The summed E-state index contributed by atoms with van der Waals surface area (Å²) in [5.74, 6) is 5.29. The Morgan fingerprint density at radius 1 is 0.455 bits per heavy atom. The lowest BCUT2D eigenvalue weighted by molar-refractivity contribution is -0.139. The maximum absolute atomic E-state index is 2.71. The molecule has 8 atom stereocenters. The van der Waals surface area contributed by atoms with E-state index in [4.69, 9.17) is 0 Å². The first-order valence-corrected chi connectivity index (χ1v) is 18.7. The fourth-order valence-corrected chi connectivity index (χ4v) is 12.0. The van der Waals surface area contributed by atoms with Gasteiger partial charge in [-0.15, -0.1) is 0 Å². The highest BCUT2D eigenvalue weighted by Gasteiger charge is 2.61. The van der Waals surface area contributed by atoms with Crippen molar-refractivity contribution in [3.63, 3.8) is 0 Å². The summed E-state index contributed by atoms with van der Waals surface area (Å²) < 4.78 is 0. The fourth-order valence-electron chi connectivity index (χ4n) is 12.0. The monoisotopic (exact) mass is 588 g/mol. The van der Waals surface area contributed by atoms with Gasteiger partial charge in [0.15, 0.2) is 0 Å². The molecule has 0 heteroatoms. The van der Waals surface area contributed by atoms with Gasteiger partial charge in [0.1, 0.15) is 0 Å². The highest BCUT2D eigenvalue weighted by Crippen LogP contribution is 2.70. The lowest BCUT2D eigenvalue weighted by atomic mass is 9.39. The summed E-state index contributed by atoms with van der Waals surface area (Å²) in [6, 6.07) is 23.9. The molecule has 0 amide bonds. The maximum atomic E-state index is 2.71. The number of hydrogen-bond acceptors (Lipinski definition) is 0. The minimum absolute atomic E-state index is 0.478. The van der Waals surface area contributed by atoms with Crippen molar-refractivity contribution in [3.8, 4) is 0 Å². The third kappa shape index (κ3) is 5.21. The summed E-state index contributed by atoms with van der Waals surface area (Å²) >= 11 is 0. The molecule has 0 nitrogen and oxygen atoms in total. The van der Waals surface area contributed by atoms with Gasteiger partial charge in [-0.3, -0.25) is 0 Å². The highest BCUT2D eigenvalue weighted by molar-refractivity contribution is 5.42. The molecule has 236 valence electrons. The van der Waals surface area contributed by atoms with E-state index >= 15 is 0 Å². The third-order valence-corrected chi connectivity index (χ3v) is 13.5. The molecule has 3 aliphatic carbocycles. The molecule has 0 radical (unpaired) electrons. The van der Waals surface area contributed by atoms with E-state index in [-0.39, 0.29) is 0 Å². The van der Waals surface area contributed by atoms with Crippen molar-refractivity contribution in [1.82, 2.24) is 0 Å². The Morgan fingerprint density at radius 3 is 1.23 bits per heavy atom. The second-order valence-corrected chi connectivity index (χ2v) is 15.1. The zero-order chi connectivity index (χ0) is 31.0. The summed E-state index contributed by atoms with van der Waals surface area (Å²) in [6.45, 7) is 17.3. The zero-order valence-electron chi connectivity index (χ0n) is 29.1. The smallest absolute Gasteiger partial charge is 0.0151 e. The van der Waals surface area contributed by atoms with Gasteiger partial charge < -0.3 is 0 Å². The van der Waals surface area contributed by atoms with Gasteiger partial charge in [-0.05, 0) is 162 Å². The maximum Gasteiger partial charge on any atom is -0.0151 e. The Labute approximate surface area is 270 Å². The molecule has 6 rings (SSSR count). The molecule has 3 aliphatic rings. The number of rotatable bonds is 8. The lowest BCUT2D eigenvalue weighted by Gasteiger charge is -2.65. The van der Waals surface area contributed by atoms with E-state index in [0.29, 0.717) is 23.2 Å². The van der Waals surface area contributed by atoms with E-state index in [1.54, 1.807) is 44.5 Å². The van der Waals surface area contributed by atoms with Crippen molar-refractivity contribution >= 4 is 0 Å².